The molecule has 15 heteroatoms. The van der Waals surface area contributed by atoms with Crippen LogP contribution in [0.3, 0.4) is 0 Å². The van der Waals surface area contributed by atoms with Gasteiger partial charge >= 0.3 is 18.5 Å². The van der Waals surface area contributed by atoms with Gasteiger partial charge in [-0.15, -0.1) is 0 Å². The fourth-order valence-electron chi connectivity index (χ4n) is 2.77. The fourth-order valence-corrected chi connectivity index (χ4v) is 2.77. The number of aromatic amines is 1. The molecule has 6 nitrogen and oxygen atoms in total. The molecule has 0 spiro atoms. The van der Waals surface area contributed by atoms with E-state index in [1.807, 2.05) is 0 Å². The molecule has 3 aromatic rings. The third-order valence-electron chi connectivity index (χ3n) is 4.51. The summed E-state index contributed by atoms with van der Waals surface area (Å²) in [5.74, 6) is -1.96. The van der Waals surface area contributed by atoms with Crippen molar-refractivity contribution in [3.63, 3.8) is 0 Å². The summed E-state index contributed by atoms with van der Waals surface area (Å²) >= 11 is 0. The van der Waals surface area contributed by atoms with Crippen LogP contribution in [0, 0.1) is 0 Å². The molecule has 0 atom stereocenters. The predicted molar refractivity (Wildman–Crippen MR) is 109 cm³/mol. The maximum absolute atomic E-state index is 12.9. The average molecular weight is 523 g/mol. The third-order valence-corrected chi connectivity index (χ3v) is 4.51. The summed E-state index contributed by atoms with van der Waals surface area (Å²) in [6.07, 6.45) is -14.1. The highest BCUT2D eigenvalue weighted by atomic mass is 19.4. The maximum Gasteiger partial charge on any atom is 0.432 e. The van der Waals surface area contributed by atoms with E-state index >= 15 is 0 Å². The van der Waals surface area contributed by atoms with Crippen molar-refractivity contribution in [2.75, 3.05) is 5.32 Å². The Hall–Kier alpha value is -4.04. The van der Waals surface area contributed by atoms with E-state index < -0.39 is 59.6 Å². The molecule has 192 valence electrons. The van der Waals surface area contributed by atoms with Gasteiger partial charge in [-0.2, -0.15) is 44.6 Å². The molecule has 0 fully saturated rings. The number of anilines is 1. The van der Waals surface area contributed by atoms with Crippen LogP contribution in [0.5, 0.6) is 0 Å². The molecule has 36 heavy (non-hydrogen) atoms. The molecular formula is C21H14F9N5O. The number of hydrogen-bond donors (Lipinski definition) is 3. The van der Waals surface area contributed by atoms with Gasteiger partial charge < -0.3 is 5.32 Å². The minimum atomic E-state index is -4.77. The normalized spacial score (nSPS) is 13.0. The maximum atomic E-state index is 12.9. The van der Waals surface area contributed by atoms with Crippen LogP contribution in [0.2, 0.25) is 0 Å². The van der Waals surface area contributed by atoms with Gasteiger partial charge in [0.2, 0.25) is 5.96 Å². The zero-order valence-electron chi connectivity index (χ0n) is 17.6. The Bertz CT molecular complexity index is 1240. The van der Waals surface area contributed by atoms with Crippen molar-refractivity contribution in [3.05, 3.63) is 82.5 Å². The van der Waals surface area contributed by atoms with Crippen molar-refractivity contribution >= 4 is 17.7 Å². The second-order valence-electron chi connectivity index (χ2n) is 7.18. The molecule has 0 radical (unpaired) electrons. The van der Waals surface area contributed by atoms with Crippen molar-refractivity contribution in [2.24, 2.45) is 4.99 Å². The number of aromatic nitrogens is 2. The van der Waals surface area contributed by atoms with Crippen LogP contribution < -0.4 is 10.6 Å². The van der Waals surface area contributed by atoms with Gasteiger partial charge in [0, 0.05) is 11.6 Å². The minimum absolute atomic E-state index is 0.0471. The Labute approximate surface area is 196 Å². The first-order valence-electron chi connectivity index (χ1n) is 9.72. The van der Waals surface area contributed by atoms with E-state index in [0.29, 0.717) is 18.2 Å². The van der Waals surface area contributed by atoms with Gasteiger partial charge in [-0.3, -0.25) is 15.2 Å². The summed E-state index contributed by atoms with van der Waals surface area (Å²) in [6.45, 7) is -0.448. The highest BCUT2D eigenvalue weighted by Crippen LogP contribution is 2.31. The Morgan fingerprint density at radius 3 is 2.03 bits per heavy atom. The summed E-state index contributed by atoms with van der Waals surface area (Å²) in [6, 6.07) is 7.57. The van der Waals surface area contributed by atoms with Crippen LogP contribution in [-0.4, -0.2) is 22.1 Å². The van der Waals surface area contributed by atoms with Gasteiger partial charge in [0.15, 0.2) is 5.82 Å². The number of hydrogen-bond acceptors (Lipinski definition) is 3. The molecule has 1 heterocycles. The van der Waals surface area contributed by atoms with Gasteiger partial charge in [-0.25, -0.2) is 4.99 Å². The smallest absolute Gasteiger partial charge is 0.309 e. The van der Waals surface area contributed by atoms with E-state index in [1.165, 1.54) is 6.07 Å². The highest BCUT2D eigenvalue weighted by Gasteiger charge is 2.33. The van der Waals surface area contributed by atoms with Crippen LogP contribution in [0.15, 0.2) is 59.6 Å². The average Bonchev–Trinajstić information content (AvgIpc) is 3.26. The first-order chi connectivity index (χ1) is 16.6. The molecule has 3 rings (SSSR count). The van der Waals surface area contributed by atoms with Crippen LogP contribution in [0.1, 0.15) is 32.7 Å². The van der Waals surface area contributed by atoms with Gasteiger partial charge in [-0.05, 0) is 42.0 Å². The van der Waals surface area contributed by atoms with E-state index in [9.17, 15) is 44.3 Å². The quantitative estimate of drug-likeness (QED) is 0.228. The van der Waals surface area contributed by atoms with Crippen molar-refractivity contribution in [2.45, 2.75) is 25.1 Å². The second-order valence-corrected chi connectivity index (χ2v) is 7.18. The molecule has 0 saturated heterocycles. The molecule has 3 N–H and O–H groups in total. The summed E-state index contributed by atoms with van der Waals surface area (Å²) in [4.78, 5) is 16.4. The number of benzene rings is 2. The zero-order valence-corrected chi connectivity index (χ0v) is 17.6. The van der Waals surface area contributed by atoms with Crippen molar-refractivity contribution < 1.29 is 44.3 Å². The predicted octanol–water partition coefficient (Wildman–Crippen LogP) is 5.86. The Morgan fingerprint density at radius 1 is 0.833 bits per heavy atom. The van der Waals surface area contributed by atoms with Crippen molar-refractivity contribution in [1.82, 2.24) is 15.5 Å². The van der Waals surface area contributed by atoms with Crippen LogP contribution in [-0.2, 0) is 25.1 Å². The van der Waals surface area contributed by atoms with E-state index in [4.69, 9.17) is 0 Å². The van der Waals surface area contributed by atoms with E-state index in [2.05, 4.69) is 20.7 Å². The summed E-state index contributed by atoms with van der Waals surface area (Å²) in [5.41, 5.74) is -3.44. The molecule has 0 saturated carbocycles. The highest BCUT2D eigenvalue weighted by molar-refractivity contribution is 6.09. The van der Waals surface area contributed by atoms with Crippen LogP contribution >= 0.6 is 0 Å². The van der Waals surface area contributed by atoms with E-state index in [-0.39, 0.29) is 11.1 Å². The largest absolute Gasteiger partial charge is 0.432 e. The summed E-state index contributed by atoms with van der Waals surface area (Å²) < 4.78 is 115. The molecule has 1 aromatic heterocycles. The number of alkyl halides is 9. The molecule has 1 amide bonds. The molecule has 0 aliphatic heterocycles. The van der Waals surface area contributed by atoms with Crippen molar-refractivity contribution in [3.8, 4) is 0 Å². The Kier molecular flexibility index (Phi) is 7.31. The number of rotatable bonds is 4. The fraction of sp³-hybridized carbons (Fsp3) is 0.190. The molecule has 2 aromatic carbocycles. The van der Waals surface area contributed by atoms with Gasteiger partial charge in [0.25, 0.3) is 5.91 Å². The molecule has 0 bridgehead atoms. The van der Waals surface area contributed by atoms with E-state index in [1.54, 1.807) is 5.10 Å². The first-order valence-corrected chi connectivity index (χ1v) is 9.72. The lowest BCUT2D eigenvalue weighted by Crippen LogP contribution is -2.36. The van der Waals surface area contributed by atoms with Crippen LogP contribution in [0.4, 0.5) is 45.3 Å². The standard InChI is InChI=1S/C21H14F9N5O/c22-19(23,24)13-6-4-12(5-7-13)17(36)33-18(32-16-9-15(34-35-16)21(28,29)30)31-10-11-2-1-3-14(8-11)20(25,26)27/h1-9H,10H2,(H3,31,32,33,34,35,36). The van der Waals surface area contributed by atoms with Gasteiger partial charge in [0.05, 0.1) is 17.7 Å². The number of carbonyl (C=O) groups excluding carboxylic acids is 1. The summed E-state index contributed by atoms with van der Waals surface area (Å²) in [5, 5.41) is 9.56. The minimum Gasteiger partial charge on any atom is -0.309 e. The third kappa shape index (κ3) is 6.99. The number of aliphatic imine (C=N–C) groups is 1. The molecule has 0 aliphatic carbocycles. The number of H-pyrrole nitrogens is 1. The van der Waals surface area contributed by atoms with Gasteiger partial charge in [-0.1, -0.05) is 12.1 Å². The monoisotopic (exact) mass is 523 g/mol. The zero-order chi connectivity index (χ0) is 26.7. The topological polar surface area (TPSA) is 82.2 Å². The number of amides is 1. The number of halogens is 9. The second kappa shape index (κ2) is 9.91. The molecule has 0 aliphatic rings. The lowest BCUT2D eigenvalue weighted by molar-refractivity contribution is -0.141. The number of nitrogens with one attached hydrogen (secondary N) is 3. The Morgan fingerprint density at radius 2 is 1.47 bits per heavy atom. The number of guanidine groups is 1. The molecule has 0 unspecified atom stereocenters. The first kappa shape index (κ1) is 26.6. The SMILES string of the molecule is O=C(NC(=NCc1cccc(C(F)(F)F)c1)Nc1cc(C(F)(F)F)[nH]n1)c1ccc(C(F)(F)F)cc1. The van der Waals surface area contributed by atoms with Crippen LogP contribution in [0.25, 0.3) is 0 Å². The number of nitrogens with zero attached hydrogens (tertiary/aromatic N) is 2. The molecular weight excluding hydrogens is 509 g/mol. The Balaban J connectivity index is 1.85. The van der Waals surface area contributed by atoms with Gasteiger partial charge in [0.1, 0.15) is 5.69 Å². The number of carbonyl (C=O) groups is 1. The van der Waals surface area contributed by atoms with E-state index in [0.717, 1.165) is 30.3 Å². The van der Waals surface area contributed by atoms with Crippen molar-refractivity contribution in [1.29, 1.82) is 0 Å². The lowest BCUT2D eigenvalue weighted by atomic mass is 10.1. The summed E-state index contributed by atoms with van der Waals surface area (Å²) in [7, 11) is 0. The lowest BCUT2D eigenvalue weighted by Gasteiger charge is -2.12.